The highest BCUT2D eigenvalue weighted by atomic mass is 35.5. The number of imidazole rings is 1. The summed E-state index contributed by atoms with van der Waals surface area (Å²) in [7, 11) is 1.64. The van der Waals surface area contributed by atoms with Gasteiger partial charge in [0.1, 0.15) is 12.3 Å². The summed E-state index contributed by atoms with van der Waals surface area (Å²) in [4.78, 5) is 4.43. The first-order valence-corrected chi connectivity index (χ1v) is 7.17. The maximum atomic E-state index is 6.17. The maximum absolute atomic E-state index is 6.17. The van der Waals surface area contributed by atoms with Crippen LogP contribution < -0.4 is 9.47 Å². The summed E-state index contributed by atoms with van der Waals surface area (Å²) in [5.74, 6) is 1.45. The topological polar surface area (TPSA) is 36.3 Å². The van der Waals surface area contributed by atoms with Crippen molar-refractivity contribution in [3.63, 3.8) is 0 Å². The SMILES string of the molecule is COc1ccccc1OCc1nc(Cl)n2c1CCCC2. The van der Waals surface area contributed by atoms with E-state index in [1.807, 2.05) is 24.3 Å². The van der Waals surface area contributed by atoms with E-state index in [9.17, 15) is 0 Å². The number of nitrogens with zero attached hydrogens (tertiary/aromatic N) is 2. The van der Waals surface area contributed by atoms with Gasteiger partial charge in [0.2, 0.25) is 5.28 Å². The monoisotopic (exact) mass is 292 g/mol. The van der Waals surface area contributed by atoms with Crippen LogP contribution in [0.5, 0.6) is 11.5 Å². The van der Waals surface area contributed by atoms with Crippen molar-refractivity contribution in [2.24, 2.45) is 0 Å². The first-order chi connectivity index (χ1) is 9.79. The molecule has 0 fully saturated rings. The van der Waals surface area contributed by atoms with Crippen LogP contribution in [0.15, 0.2) is 24.3 Å². The van der Waals surface area contributed by atoms with Gasteiger partial charge in [0.05, 0.1) is 7.11 Å². The van der Waals surface area contributed by atoms with Crippen molar-refractivity contribution in [1.29, 1.82) is 0 Å². The highest BCUT2D eigenvalue weighted by Gasteiger charge is 2.19. The molecule has 0 bridgehead atoms. The Bertz CT molecular complexity index is 610. The van der Waals surface area contributed by atoms with Gasteiger partial charge >= 0.3 is 0 Å². The van der Waals surface area contributed by atoms with E-state index < -0.39 is 0 Å². The molecule has 1 aliphatic heterocycles. The van der Waals surface area contributed by atoms with Crippen molar-refractivity contribution in [3.8, 4) is 11.5 Å². The molecule has 20 heavy (non-hydrogen) atoms. The van der Waals surface area contributed by atoms with E-state index >= 15 is 0 Å². The zero-order chi connectivity index (χ0) is 13.9. The lowest BCUT2D eigenvalue weighted by atomic mass is 10.1. The van der Waals surface area contributed by atoms with Gasteiger partial charge in [-0.1, -0.05) is 12.1 Å². The predicted octanol–water partition coefficient (Wildman–Crippen LogP) is 3.46. The standard InChI is InChI=1S/C15H17ClN2O2/c1-19-13-7-2-3-8-14(13)20-10-11-12-6-4-5-9-18(12)15(16)17-11/h2-3,7-8H,4-6,9-10H2,1H3. The molecule has 0 spiro atoms. The van der Waals surface area contributed by atoms with E-state index in [-0.39, 0.29) is 0 Å². The molecular formula is C15H17ClN2O2. The molecule has 2 heterocycles. The van der Waals surface area contributed by atoms with Crippen LogP contribution in [0.2, 0.25) is 5.28 Å². The summed E-state index contributed by atoms with van der Waals surface area (Å²) in [6.45, 7) is 1.37. The molecule has 2 aromatic rings. The minimum Gasteiger partial charge on any atom is -0.493 e. The molecule has 0 atom stereocenters. The van der Waals surface area contributed by atoms with Gasteiger partial charge < -0.3 is 14.0 Å². The summed E-state index contributed by atoms with van der Waals surface area (Å²) in [5.41, 5.74) is 2.14. The molecular weight excluding hydrogens is 276 g/mol. The number of benzene rings is 1. The average Bonchev–Trinajstić information content (AvgIpc) is 2.82. The Morgan fingerprint density at radius 1 is 1.25 bits per heavy atom. The van der Waals surface area contributed by atoms with E-state index in [0.717, 1.165) is 36.6 Å². The normalized spacial score (nSPS) is 13.9. The second-order valence-corrected chi connectivity index (χ2v) is 5.16. The van der Waals surface area contributed by atoms with E-state index in [2.05, 4.69) is 9.55 Å². The number of hydrogen-bond donors (Lipinski definition) is 0. The predicted molar refractivity (Wildman–Crippen MR) is 77.5 cm³/mol. The lowest BCUT2D eigenvalue weighted by molar-refractivity contribution is 0.279. The molecule has 0 unspecified atom stereocenters. The zero-order valence-corrected chi connectivity index (χ0v) is 12.2. The molecule has 4 nitrogen and oxygen atoms in total. The number of rotatable bonds is 4. The fourth-order valence-electron chi connectivity index (χ4n) is 2.57. The summed E-state index contributed by atoms with van der Waals surface area (Å²) < 4.78 is 13.2. The van der Waals surface area contributed by atoms with Crippen LogP contribution in [-0.4, -0.2) is 16.7 Å². The summed E-state index contributed by atoms with van der Waals surface area (Å²) in [6.07, 6.45) is 3.36. The second kappa shape index (κ2) is 5.75. The van der Waals surface area contributed by atoms with Gasteiger partial charge in [-0.05, 0) is 43.0 Å². The van der Waals surface area contributed by atoms with Gasteiger partial charge in [-0.25, -0.2) is 4.98 Å². The second-order valence-electron chi connectivity index (χ2n) is 4.82. The molecule has 106 valence electrons. The van der Waals surface area contributed by atoms with Gasteiger partial charge in [0, 0.05) is 12.2 Å². The molecule has 0 aliphatic carbocycles. The molecule has 5 heteroatoms. The number of para-hydroxylation sites is 2. The molecule has 1 aromatic heterocycles. The fourth-order valence-corrected chi connectivity index (χ4v) is 2.86. The Balaban J connectivity index is 1.79. The summed E-state index contributed by atoms with van der Waals surface area (Å²) >= 11 is 6.17. The number of hydrogen-bond acceptors (Lipinski definition) is 3. The van der Waals surface area contributed by atoms with Crippen LogP contribution in [0.25, 0.3) is 0 Å². The van der Waals surface area contributed by atoms with Gasteiger partial charge in [0.25, 0.3) is 0 Å². The highest BCUT2D eigenvalue weighted by Crippen LogP contribution is 2.28. The van der Waals surface area contributed by atoms with Gasteiger partial charge in [-0.2, -0.15) is 0 Å². The van der Waals surface area contributed by atoms with Crippen molar-refractivity contribution < 1.29 is 9.47 Å². The van der Waals surface area contributed by atoms with Gasteiger partial charge in [0.15, 0.2) is 11.5 Å². The van der Waals surface area contributed by atoms with Crippen molar-refractivity contribution >= 4 is 11.6 Å². The average molecular weight is 293 g/mol. The van der Waals surface area contributed by atoms with E-state index in [1.165, 1.54) is 12.1 Å². The van der Waals surface area contributed by atoms with Crippen LogP contribution in [-0.2, 0) is 19.6 Å². The van der Waals surface area contributed by atoms with Crippen LogP contribution in [0.3, 0.4) is 0 Å². The third-order valence-electron chi connectivity index (χ3n) is 3.59. The number of ether oxygens (including phenoxy) is 2. The summed E-state index contributed by atoms with van der Waals surface area (Å²) in [5, 5.41) is 0.568. The molecule has 0 N–H and O–H groups in total. The van der Waals surface area contributed by atoms with Crippen molar-refractivity contribution in [1.82, 2.24) is 9.55 Å². The molecule has 0 saturated carbocycles. The van der Waals surface area contributed by atoms with E-state index in [4.69, 9.17) is 21.1 Å². The third-order valence-corrected chi connectivity index (χ3v) is 3.88. The van der Waals surface area contributed by atoms with Crippen LogP contribution >= 0.6 is 11.6 Å². The third kappa shape index (κ3) is 2.48. The Morgan fingerprint density at radius 3 is 2.85 bits per heavy atom. The molecule has 0 saturated heterocycles. The number of halogens is 1. The number of aromatic nitrogens is 2. The molecule has 0 amide bonds. The van der Waals surface area contributed by atoms with Crippen LogP contribution in [0.1, 0.15) is 24.2 Å². The summed E-state index contributed by atoms with van der Waals surface area (Å²) in [6, 6.07) is 7.61. The van der Waals surface area contributed by atoms with Gasteiger partial charge in [-0.15, -0.1) is 0 Å². The lowest BCUT2D eigenvalue weighted by Crippen LogP contribution is -2.11. The fraction of sp³-hybridized carbons (Fsp3) is 0.400. The maximum Gasteiger partial charge on any atom is 0.203 e. The number of fused-ring (bicyclic) bond motifs is 1. The number of methoxy groups -OCH3 is 1. The zero-order valence-electron chi connectivity index (χ0n) is 11.4. The van der Waals surface area contributed by atoms with Crippen molar-refractivity contribution in [3.05, 3.63) is 40.9 Å². The first-order valence-electron chi connectivity index (χ1n) is 6.79. The van der Waals surface area contributed by atoms with Gasteiger partial charge in [-0.3, -0.25) is 0 Å². The smallest absolute Gasteiger partial charge is 0.203 e. The molecule has 0 radical (unpaired) electrons. The minimum atomic E-state index is 0.419. The Morgan fingerprint density at radius 2 is 2.05 bits per heavy atom. The first kappa shape index (κ1) is 13.3. The Hall–Kier alpha value is -1.68. The van der Waals surface area contributed by atoms with E-state index in [0.29, 0.717) is 11.9 Å². The van der Waals surface area contributed by atoms with Crippen LogP contribution in [0, 0.1) is 0 Å². The van der Waals surface area contributed by atoms with Crippen molar-refractivity contribution in [2.45, 2.75) is 32.4 Å². The minimum absolute atomic E-state index is 0.419. The lowest BCUT2D eigenvalue weighted by Gasteiger charge is -2.16. The quantitative estimate of drug-likeness (QED) is 0.866. The van der Waals surface area contributed by atoms with Crippen molar-refractivity contribution in [2.75, 3.05) is 7.11 Å². The Labute approximate surface area is 123 Å². The highest BCUT2D eigenvalue weighted by molar-refractivity contribution is 6.28. The van der Waals surface area contributed by atoms with E-state index in [1.54, 1.807) is 7.11 Å². The molecule has 1 aromatic carbocycles. The van der Waals surface area contributed by atoms with Crippen LogP contribution in [0.4, 0.5) is 0 Å². The molecule has 3 rings (SSSR count). The largest absolute Gasteiger partial charge is 0.493 e. The molecule has 1 aliphatic rings. The Kier molecular flexibility index (Phi) is 3.83.